The second kappa shape index (κ2) is 5.54. The second-order valence-electron chi connectivity index (χ2n) is 22.3. The highest BCUT2D eigenvalue weighted by Gasteiger charge is 3.23. The first-order valence-corrected chi connectivity index (χ1v) is 20.7. The van der Waals surface area contributed by atoms with Crippen LogP contribution in [0.3, 0.4) is 0 Å². The topological polar surface area (TPSA) is 0 Å². The fourth-order valence-electron chi connectivity index (χ4n) is 24.2. The molecule has 10 spiro atoms. The van der Waals surface area contributed by atoms with Crippen molar-refractivity contribution in [3.63, 3.8) is 0 Å². The number of hydrogen-bond donors (Lipinski definition) is 0. The third kappa shape index (κ3) is 1.30. The van der Waals surface area contributed by atoms with E-state index in [-0.39, 0.29) is 32.5 Å². The lowest BCUT2D eigenvalue weighted by atomic mass is 9.29. The molecule has 50 heavy (non-hydrogen) atoms. The van der Waals surface area contributed by atoms with Crippen LogP contribution >= 0.6 is 0 Å². The van der Waals surface area contributed by atoms with E-state index in [1.807, 2.05) is 22.3 Å². The van der Waals surface area contributed by atoms with Crippen LogP contribution in [0.5, 0.6) is 0 Å². The van der Waals surface area contributed by atoms with Gasteiger partial charge in [-0.15, -0.1) is 0 Å². The van der Waals surface area contributed by atoms with Gasteiger partial charge in [0.05, 0.1) is 0 Å². The number of hydrogen-bond acceptors (Lipinski definition) is 0. The lowest BCUT2D eigenvalue weighted by molar-refractivity contribution is -0.162. The SMILES string of the molecule is C=C1C2=CC3=CC(=C)[C@@]45C[C@@]46[C@@]34C[C@@]43[C@@]24C[C@@]42C(=C(C)C(C)=C4C(C)=C(C)C7=C(C)C8=C(C)[C@@H](C)[C@]9(C[C@@]96[C@@]86C[C@@]63[C@@]73C[C@]423)[C@@H](C)C5=C)[C@@H]1C. The van der Waals surface area contributed by atoms with Gasteiger partial charge in [0.1, 0.15) is 0 Å². The van der Waals surface area contributed by atoms with Gasteiger partial charge in [0.25, 0.3) is 0 Å². The fourth-order valence-corrected chi connectivity index (χ4v) is 24.2. The van der Waals surface area contributed by atoms with Crippen LogP contribution in [-0.2, 0) is 0 Å². The van der Waals surface area contributed by atoms with E-state index < -0.39 is 0 Å². The molecule has 0 bridgehead atoms. The Labute approximate surface area is 298 Å². The van der Waals surface area contributed by atoms with Crippen molar-refractivity contribution in [1.82, 2.24) is 0 Å². The maximum atomic E-state index is 5.23. The molecule has 0 aromatic carbocycles. The van der Waals surface area contributed by atoms with Gasteiger partial charge in [-0.05, 0) is 180 Å². The van der Waals surface area contributed by atoms with E-state index in [0.29, 0.717) is 50.2 Å². The zero-order valence-corrected chi connectivity index (χ0v) is 31.8. The van der Waals surface area contributed by atoms with Crippen molar-refractivity contribution in [2.45, 2.75) is 101 Å². The van der Waals surface area contributed by atoms with Crippen molar-refractivity contribution in [3.8, 4) is 0 Å². The first-order chi connectivity index (χ1) is 23.6. The number of rotatable bonds is 0. The summed E-state index contributed by atoms with van der Waals surface area (Å²) in [5.74, 6) is 1.61. The van der Waals surface area contributed by atoms with Gasteiger partial charge in [-0.1, -0.05) is 69.4 Å². The smallest absolute Gasteiger partial charge is 0.0233 e. The van der Waals surface area contributed by atoms with E-state index in [0.717, 1.165) is 0 Å². The molecule has 250 valence electrons. The van der Waals surface area contributed by atoms with Gasteiger partial charge in [0.15, 0.2) is 0 Å². The van der Waals surface area contributed by atoms with Crippen LogP contribution in [0.25, 0.3) is 0 Å². The van der Waals surface area contributed by atoms with Crippen molar-refractivity contribution < 1.29 is 0 Å². The molecule has 0 amide bonds. The van der Waals surface area contributed by atoms with Crippen LogP contribution in [0.15, 0.2) is 115 Å². The molecule has 0 aliphatic heterocycles. The summed E-state index contributed by atoms with van der Waals surface area (Å²) in [7, 11) is 0. The van der Waals surface area contributed by atoms with E-state index in [1.54, 1.807) is 50.2 Å². The van der Waals surface area contributed by atoms with Gasteiger partial charge in [0, 0.05) is 49.2 Å². The average molecular weight is 651 g/mol. The molecule has 16 rings (SSSR count). The molecule has 0 N–H and O–H groups in total. The van der Waals surface area contributed by atoms with Crippen LogP contribution in [0.2, 0.25) is 0 Å². The van der Waals surface area contributed by atoms with Gasteiger partial charge in [0.2, 0.25) is 0 Å². The van der Waals surface area contributed by atoms with Gasteiger partial charge in [-0.3, -0.25) is 0 Å². The average Bonchev–Trinajstić information content (AvgIpc) is 3.84. The number of allylic oxidation sites excluding steroid dienone is 17. The van der Waals surface area contributed by atoms with E-state index in [1.165, 1.54) is 49.7 Å². The first-order valence-electron chi connectivity index (χ1n) is 20.7. The Kier molecular flexibility index (Phi) is 2.90. The Morgan fingerprint density at radius 2 is 1.20 bits per heavy atom. The molecule has 0 heteroatoms. The van der Waals surface area contributed by atoms with Crippen LogP contribution in [-0.4, -0.2) is 0 Å². The molecule has 0 saturated heterocycles. The fraction of sp³-hybridized carbons (Fsp3) is 0.600. The molecule has 0 aromatic rings. The molecular weight excluding hydrogens is 601 g/mol. The molecule has 0 unspecified atom stereocenters. The van der Waals surface area contributed by atoms with Crippen molar-refractivity contribution in [3.05, 3.63) is 115 Å². The standard InChI is InChI=1S/C50H50/c1-21-13-33-14-34-22(2)23(3)35-24(4)25(5)36-26(6)27(7)37-29(9)38-28(8)30(10)40-16-48(40)46(38)20-50(46)45(37)18-44(36,45)43(35)17-42(34,43)49(50)19-41(33,49)47(48)15-39(21,47)31(11)32(40)12/h13-14,23,30,32H,1-2,11,15-20H2,3-10,12H3/t23-,30-,32+,39-,40-,41-,42+,43-,44+,45+,46-,47+,48+,49+,50-/m1/s1. The normalized spacial score (nSPS) is 67.5. The third-order valence-corrected chi connectivity index (χ3v) is 24.2. The van der Waals surface area contributed by atoms with Crippen LogP contribution < -0.4 is 0 Å². The van der Waals surface area contributed by atoms with Gasteiger partial charge >= 0.3 is 0 Å². The summed E-state index contributed by atoms with van der Waals surface area (Å²) < 4.78 is 0. The van der Waals surface area contributed by atoms with E-state index in [4.69, 9.17) is 19.7 Å². The molecule has 0 nitrogen and oxygen atoms in total. The molecule has 10 saturated carbocycles. The predicted molar refractivity (Wildman–Crippen MR) is 197 cm³/mol. The quantitative estimate of drug-likeness (QED) is 0.229. The zero-order valence-electron chi connectivity index (χ0n) is 31.8. The summed E-state index contributed by atoms with van der Waals surface area (Å²) >= 11 is 0. The molecule has 16 aliphatic rings. The van der Waals surface area contributed by atoms with Crippen LogP contribution in [0, 0.1) is 82.7 Å². The highest BCUT2D eigenvalue weighted by molar-refractivity contribution is 5.91. The minimum absolute atomic E-state index is 0.109. The molecule has 10 fully saturated rings. The third-order valence-electron chi connectivity index (χ3n) is 24.2. The summed E-state index contributed by atoms with van der Waals surface area (Å²) in [6.45, 7) is 39.0. The lowest BCUT2D eigenvalue weighted by Gasteiger charge is -2.73. The molecule has 15 atom stereocenters. The highest BCUT2D eigenvalue weighted by atomic mass is 15.2. The second-order valence-corrected chi connectivity index (χ2v) is 22.3. The Hall–Kier alpha value is -2.60. The molecule has 0 heterocycles. The molecule has 0 radical (unpaired) electrons. The van der Waals surface area contributed by atoms with Crippen molar-refractivity contribution in [2.24, 2.45) is 82.7 Å². The van der Waals surface area contributed by atoms with E-state index >= 15 is 0 Å². The predicted octanol–water partition coefficient (Wildman–Crippen LogP) is 11.4. The summed E-state index contributed by atoms with van der Waals surface area (Å²) in [5.41, 5.74) is 29.2. The molecule has 16 aliphatic carbocycles. The van der Waals surface area contributed by atoms with Crippen molar-refractivity contribution >= 4 is 0 Å². The van der Waals surface area contributed by atoms with Crippen molar-refractivity contribution in [2.75, 3.05) is 0 Å². The van der Waals surface area contributed by atoms with E-state index in [9.17, 15) is 0 Å². The summed E-state index contributed by atoms with van der Waals surface area (Å²) in [5, 5.41) is 0. The Bertz CT molecular complexity index is 2560. The maximum Gasteiger partial charge on any atom is 0.0233 e. The minimum Gasteiger partial charge on any atom is -0.0986 e. The largest absolute Gasteiger partial charge is 0.0986 e. The van der Waals surface area contributed by atoms with Gasteiger partial charge in [-0.2, -0.15) is 0 Å². The minimum atomic E-state index is 0.109. The molecule has 0 aromatic heterocycles. The van der Waals surface area contributed by atoms with Gasteiger partial charge in [-0.25, -0.2) is 0 Å². The Balaban J connectivity index is 1.22. The monoisotopic (exact) mass is 650 g/mol. The van der Waals surface area contributed by atoms with Crippen molar-refractivity contribution in [1.29, 1.82) is 0 Å². The van der Waals surface area contributed by atoms with Crippen LogP contribution in [0.1, 0.15) is 101 Å². The van der Waals surface area contributed by atoms with Gasteiger partial charge < -0.3 is 0 Å². The maximum absolute atomic E-state index is 5.23. The van der Waals surface area contributed by atoms with Crippen LogP contribution in [0.4, 0.5) is 0 Å². The zero-order chi connectivity index (χ0) is 34.0. The Morgan fingerprint density at radius 3 is 1.94 bits per heavy atom. The van der Waals surface area contributed by atoms with E-state index in [2.05, 4.69) is 74.5 Å². The summed E-state index contributed by atoms with van der Waals surface area (Å²) in [6.07, 6.45) is 14.1. The lowest BCUT2D eigenvalue weighted by Crippen LogP contribution is -2.69. The first kappa shape index (κ1) is 26.2. The molecular formula is C50H50. The highest BCUT2D eigenvalue weighted by Crippen LogP contribution is 3.28. The Morgan fingerprint density at radius 1 is 0.540 bits per heavy atom. The summed E-state index contributed by atoms with van der Waals surface area (Å²) in [6, 6.07) is 0. The summed E-state index contributed by atoms with van der Waals surface area (Å²) in [4.78, 5) is 0.